The SMILES string of the molecule is CCCC(C#N)=C(Cl)c1c(Cl)cccc1[N+](=O)[O-]. The third-order valence-electron chi connectivity index (χ3n) is 2.31. The fourth-order valence-electron chi connectivity index (χ4n) is 1.50. The van der Waals surface area contributed by atoms with E-state index in [0.29, 0.717) is 12.0 Å². The number of halogens is 2. The van der Waals surface area contributed by atoms with Crippen molar-refractivity contribution in [3.05, 3.63) is 44.5 Å². The van der Waals surface area contributed by atoms with Gasteiger partial charge in [-0.3, -0.25) is 10.1 Å². The van der Waals surface area contributed by atoms with E-state index in [-0.39, 0.29) is 21.3 Å². The van der Waals surface area contributed by atoms with Crippen LogP contribution in [0.25, 0.3) is 5.03 Å². The molecule has 0 bridgehead atoms. The van der Waals surface area contributed by atoms with Crippen LogP contribution in [0.5, 0.6) is 0 Å². The Balaban J connectivity index is 3.50. The highest BCUT2D eigenvalue weighted by molar-refractivity contribution is 6.51. The molecule has 94 valence electrons. The summed E-state index contributed by atoms with van der Waals surface area (Å²) in [4.78, 5) is 10.4. The van der Waals surface area contributed by atoms with Gasteiger partial charge in [-0.15, -0.1) is 0 Å². The molecule has 0 N–H and O–H groups in total. The second kappa shape index (κ2) is 6.39. The van der Waals surface area contributed by atoms with Crippen molar-refractivity contribution in [1.82, 2.24) is 0 Å². The Labute approximate surface area is 115 Å². The number of hydrogen-bond donors (Lipinski definition) is 0. The van der Waals surface area contributed by atoms with Crippen LogP contribution >= 0.6 is 23.2 Å². The van der Waals surface area contributed by atoms with E-state index in [0.717, 1.165) is 6.42 Å². The third-order valence-corrected chi connectivity index (χ3v) is 3.04. The van der Waals surface area contributed by atoms with Crippen LogP contribution in [0.1, 0.15) is 25.3 Å². The highest BCUT2D eigenvalue weighted by Gasteiger charge is 2.21. The molecule has 0 heterocycles. The van der Waals surface area contributed by atoms with Gasteiger partial charge in [0.25, 0.3) is 5.69 Å². The van der Waals surface area contributed by atoms with Crippen LogP contribution in [0, 0.1) is 21.4 Å². The molecule has 0 radical (unpaired) electrons. The molecule has 1 aromatic carbocycles. The lowest BCUT2D eigenvalue weighted by atomic mass is 10.1. The smallest absolute Gasteiger partial charge is 0.258 e. The molecule has 0 saturated carbocycles. The first kappa shape index (κ1) is 14.5. The predicted molar refractivity (Wildman–Crippen MR) is 71.4 cm³/mol. The first-order valence-corrected chi connectivity index (χ1v) is 6.00. The summed E-state index contributed by atoms with van der Waals surface area (Å²) in [5.74, 6) is 0. The molecule has 1 rings (SSSR count). The summed E-state index contributed by atoms with van der Waals surface area (Å²) in [6, 6.07) is 6.25. The summed E-state index contributed by atoms with van der Waals surface area (Å²) in [6.45, 7) is 1.89. The molecule has 0 atom stereocenters. The Kier molecular flexibility index (Phi) is 5.14. The van der Waals surface area contributed by atoms with Gasteiger partial charge < -0.3 is 0 Å². The second-order valence-electron chi connectivity index (χ2n) is 3.55. The van der Waals surface area contributed by atoms with Gasteiger partial charge in [0.05, 0.1) is 26.6 Å². The Morgan fingerprint density at radius 1 is 1.56 bits per heavy atom. The van der Waals surface area contributed by atoms with Gasteiger partial charge in [0.1, 0.15) is 0 Å². The highest BCUT2D eigenvalue weighted by Crippen LogP contribution is 2.37. The average molecular weight is 285 g/mol. The van der Waals surface area contributed by atoms with E-state index in [1.165, 1.54) is 18.2 Å². The number of benzene rings is 1. The van der Waals surface area contributed by atoms with E-state index in [1.807, 2.05) is 13.0 Å². The predicted octanol–water partition coefficient (Wildman–Crippen LogP) is 4.52. The van der Waals surface area contributed by atoms with E-state index < -0.39 is 4.92 Å². The van der Waals surface area contributed by atoms with Gasteiger partial charge in [-0.2, -0.15) is 5.26 Å². The summed E-state index contributed by atoms with van der Waals surface area (Å²) in [7, 11) is 0. The zero-order valence-corrected chi connectivity index (χ0v) is 11.1. The number of allylic oxidation sites excluding steroid dienone is 1. The lowest BCUT2D eigenvalue weighted by Gasteiger charge is -2.06. The van der Waals surface area contributed by atoms with Crippen LogP contribution in [0.3, 0.4) is 0 Å². The topological polar surface area (TPSA) is 66.9 Å². The molecule has 0 fully saturated rings. The van der Waals surface area contributed by atoms with Crippen molar-refractivity contribution in [3.63, 3.8) is 0 Å². The second-order valence-corrected chi connectivity index (χ2v) is 4.33. The molecule has 6 heteroatoms. The quantitative estimate of drug-likeness (QED) is 0.464. The molecule has 18 heavy (non-hydrogen) atoms. The molecule has 0 aliphatic heterocycles. The number of nitro benzene ring substituents is 1. The number of nitrogens with zero attached hydrogens (tertiary/aromatic N) is 2. The molecular weight excluding hydrogens is 275 g/mol. The molecule has 0 unspecified atom stereocenters. The molecule has 1 aromatic rings. The van der Waals surface area contributed by atoms with Crippen molar-refractivity contribution in [1.29, 1.82) is 5.26 Å². The van der Waals surface area contributed by atoms with Gasteiger partial charge in [-0.25, -0.2) is 0 Å². The minimum atomic E-state index is -0.565. The zero-order valence-electron chi connectivity index (χ0n) is 9.61. The molecule has 4 nitrogen and oxygen atoms in total. The fourth-order valence-corrected chi connectivity index (χ4v) is 2.15. The highest BCUT2D eigenvalue weighted by atomic mass is 35.5. The lowest BCUT2D eigenvalue weighted by molar-refractivity contribution is -0.385. The fraction of sp³-hybridized carbons (Fsp3) is 0.250. The number of nitriles is 1. The first-order valence-electron chi connectivity index (χ1n) is 5.25. The molecule has 0 aliphatic carbocycles. The van der Waals surface area contributed by atoms with Gasteiger partial charge in [0, 0.05) is 11.6 Å². The maximum Gasteiger partial charge on any atom is 0.279 e. The van der Waals surface area contributed by atoms with Crippen LogP contribution in [0.2, 0.25) is 5.02 Å². The normalized spacial score (nSPS) is 11.7. The molecule has 0 aliphatic rings. The summed E-state index contributed by atoms with van der Waals surface area (Å²) >= 11 is 12.0. The third kappa shape index (κ3) is 3.00. The van der Waals surface area contributed by atoms with Gasteiger partial charge in [-0.05, 0) is 12.5 Å². The van der Waals surface area contributed by atoms with Gasteiger partial charge in [-0.1, -0.05) is 42.6 Å². The largest absolute Gasteiger partial charge is 0.279 e. The number of nitro groups is 1. The zero-order chi connectivity index (χ0) is 13.7. The minimum Gasteiger partial charge on any atom is -0.258 e. The van der Waals surface area contributed by atoms with Crippen molar-refractivity contribution in [2.75, 3.05) is 0 Å². The molecule has 0 spiro atoms. The van der Waals surface area contributed by atoms with E-state index in [1.54, 1.807) is 0 Å². The van der Waals surface area contributed by atoms with Crippen LogP contribution in [-0.2, 0) is 0 Å². The molecular formula is C12H10Cl2N2O2. The summed E-state index contributed by atoms with van der Waals surface area (Å²) in [6.07, 6.45) is 1.18. The van der Waals surface area contributed by atoms with Crippen LogP contribution < -0.4 is 0 Å². The summed E-state index contributed by atoms with van der Waals surface area (Å²) in [5.41, 5.74) is 0.211. The van der Waals surface area contributed by atoms with Crippen LogP contribution in [-0.4, -0.2) is 4.92 Å². The van der Waals surface area contributed by atoms with Crippen molar-refractivity contribution in [2.24, 2.45) is 0 Å². The Morgan fingerprint density at radius 3 is 2.72 bits per heavy atom. The van der Waals surface area contributed by atoms with E-state index in [4.69, 9.17) is 28.5 Å². The Hall–Kier alpha value is -1.57. The first-order chi connectivity index (χ1) is 8.52. The minimum absolute atomic E-state index is 0.0525. The molecule has 0 amide bonds. The average Bonchev–Trinajstić information content (AvgIpc) is 2.34. The summed E-state index contributed by atoms with van der Waals surface area (Å²) < 4.78 is 0. The van der Waals surface area contributed by atoms with Gasteiger partial charge in [0.2, 0.25) is 0 Å². The van der Waals surface area contributed by atoms with Gasteiger partial charge >= 0.3 is 0 Å². The van der Waals surface area contributed by atoms with E-state index >= 15 is 0 Å². The maximum atomic E-state index is 10.9. The molecule has 0 aromatic heterocycles. The van der Waals surface area contributed by atoms with Crippen LogP contribution in [0.15, 0.2) is 23.8 Å². The van der Waals surface area contributed by atoms with Crippen molar-refractivity contribution in [2.45, 2.75) is 19.8 Å². The van der Waals surface area contributed by atoms with Crippen molar-refractivity contribution >= 4 is 33.9 Å². The van der Waals surface area contributed by atoms with E-state index in [9.17, 15) is 10.1 Å². The van der Waals surface area contributed by atoms with E-state index in [2.05, 4.69) is 0 Å². The standard InChI is InChI=1S/C12H10Cl2N2O2/c1-2-4-8(7-15)12(14)11-9(13)5-3-6-10(11)16(17)18/h3,5-6H,2,4H2,1H3. The maximum absolute atomic E-state index is 10.9. The van der Waals surface area contributed by atoms with Gasteiger partial charge in [0.15, 0.2) is 0 Å². The molecule has 0 saturated heterocycles. The van der Waals surface area contributed by atoms with Crippen LogP contribution in [0.4, 0.5) is 5.69 Å². The Bertz CT molecular complexity index is 547. The van der Waals surface area contributed by atoms with Crippen molar-refractivity contribution < 1.29 is 4.92 Å². The number of hydrogen-bond acceptors (Lipinski definition) is 3. The summed E-state index contributed by atoms with van der Waals surface area (Å²) in [5, 5.41) is 20.2. The monoisotopic (exact) mass is 284 g/mol. The number of rotatable bonds is 4. The lowest BCUT2D eigenvalue weighted by Crippen LogP contribution is -1.95. The van der Waals surface area contributed by atoms with Crippen molar-refractivity contribution in [3.8, 4) is 6.07 Å². The Morgan fingerprint density at radius 2 is 2.22 bits per heavy atom.